The molecule has 0 atom stereocenters. The van der Waals surface area contributed by atoms with Crippen molar-refractivity contribution in [3.8, 4) is 0 Å². The molecule has 0 aliphatic carbocycles. The number of carboxylic acids is 1. The van der Waals surface area contributed by atoms with E-state index in [-0.39, 0.29) is 16.5 Å². The lowest BCUT2D eigenvalue weighted by Crippen LogP contribution is -2.37. The van der Waals surface area contributed by atoms with Gasteiger partial charge in [-0.1, -0.05) is 18.2 Å². The maximum atomic E-state index is 13.3. The van der Waals surface area contributed by atoms with Crippen LogP contribution in [0.5, 0.6) is 0 Å². The van der Waals surface area contributed by atoms with Crippen molar-refractivity contribution in [2.45, 2.75) is 12.7 Å². The maximum Gasteiger partial charge on any atom is 0.416 e. The summed E-state index contributed by atoms with van der Waals surface area (Å²) in [6.07, 6.45) is -4.63. The van der Waals surface area contributed by atoms with Gasteiger partial charge < -0.3 is 20.1 Å². The second kappa shape index (κ2) is 9.14. The smallest absolute Gasteiger partial charge is 0.416 e. The first-order valence-electron chi connectivity index (χ1n) is 10.2. The minimum atomic E-state index is -4.63. The third-order valence-corrected chi connectivity index (χ3v) is 5.31. The molecule has 1 saturated heterocycles. The second-order valence-electron chi connectivity index (χ2n) is 7.54. The van der Waals surface area contributed by atoms with E-state index < -0.39 is 41.4 Å². The molecule has 34 heavy (non-hydrogen) atoms. The fourth-order valence-corrected chi connectivity index (χ4v) is 3.72. The molecule has 4 rings (SSSR count). The number of aromatic carboxylic acids is 1. The molecule has 178 valence electrons. The number of morpholine rings is 1. The summed E-state index contributed by atoms with van der Waals surface area (Å²) in [7, 11) is 0. The standard InChI is InChI=1S/C22H19F3N4O5/c23-22(24,25)13-5-6-17(28-7-9-34-10-8-28)16(11-13)26-18(30)12-29-20(31)15-4-2-1-3-14(15)19(27-29)21(32)33/h1-6,11H,7-10,12H2,(H,26,30)(H,32,33). The Morgan fingerprint density at radius 1 is 1.09 bits per heavy atom. The van der Waals surface area contributed by atoms with E-state index in [0.717, 1.165) is 12.1 Å². The number of rotatable bonds is 5. The monoisotopic (exact) mass is 476 g/mol. The zero-order valence-corrected chi connectivity index (χ0v) is 17.6. The number of benzene rings is 2. The largest absolute Gasteiger partial charge is 0.476 e. The summed E-state index contributed by atoms with van der Waals surface area (Å²) < 4.78 is 45.8. The van der Waals surface area contributed by atoms with Crippen LogP contribution >= 0.6 is 0 Å². The van der Waals surface area contributed by atoms with Crippen LogP contribution in [0, 0.1) is 0 Å². The molecule has 0 radical (unpaired) electrons. The molecule has 1 aliphatic heterocycles. The van der Waals surface area contributed by atoms with Crippen molar-refractivity contribution in [1.82, 2.24) is 9.78 Å². The molecule has 3 aromatic rings. The Bertz CT molecular complexity index is 1320. The lowest BCUT2D eigenvalue weighted by molar-refractivity contribution is -0.137. The van der Waals surface area contributed by atoms with Crippen LogP contribution in [0.4, 0.5) is 24.5 Å². The van der Waals surface area contributed by atoms with E-state index in [2.05, 4.69) is 10.4 Å². The summed E-state index contributed by atoms with van der Waals surface area (Å²) in [6.45, 7) is 0.901. The molecule has 1 aromatic heterocycles. The highest BCUT2D eigenvalue weighted by molar-refractivity contribution is 6.01. The number of ether oxygens (including phenoxy) is 1. The Hall–Kier alpha value is -3.93. The number of nitrogens with one attached hydrogen (secondary N) is 1. The molecule has 0 bridgehead atoms. The summed E-state index contributed by atoms with van der Waals surface area (Å²) in [5.41, 5.74) is -1.79. The van der Waals surface area contributed by atoms with E-state index in [1.54, 1.807) is 11.0 Å². The predicted molar refractivity (Wildman–Crippen MR) is 116 cm³/mol. The summed E-state index contributed by atoms with van der Waals surface area (Å²) >= 11 is 0. The van der Waals surface area contributed by atoms with E-state index in [9.17, 15) is 32.7 Å². The number of halogens is 3. The number of hydrogen-bond donors (Lipinski definition) is 2. The van der Waals surface area contributed by atoms with Crippen LogP contribution in [0.3, 0.4) is 0 Å². The van der Waals surface area contributed by atoms with Crippen LogP contribution in [-0.4, -0.2) is 53.1 Å². The lowest BCUT2D eigenvalue weighted by Gasteiger charge is -2.31. The number of aromatic nitrogens is 2. The SMILES string of the molecule is O=C(Cn1nc(C(=O)O)c2ccccc2c1=O)Nc1cc(C(F)(F)F)ccc1N1CCOCC1. The van der Waals surface area contributed by atoms with Crippen molar-refractivity contribution >= 4 is 34.0 Å². The van der Waals surface area contributed by atoms with Gasteiger partial charge in [0.15, 0.2) is 5.69 Å². The first-order valence-corrected chi connectivity index (χ1v) is 10.2. The van der Waals surface area contributed by atoms with Crippen molar-refractivity contribution in [2.24, 2.45) is 0 Å². The molecule has 0 unspecified atom stereocenters. The molecule has 0 saturated carbocycles. The van der Waals surface area contributed by atoms with Crippen molar-refractivity contribution in [3.05, 3.63) is 64.1 Å². The number of carbonyl (C=O) groups excluding carboxylic acids is 1. The molecular weight excluding hydrogens is 457 g/mol. The summed E-state index contributed by atoms with van der Waals surface area (Å²) in [5, 5.41) is 15.8. The fourth-order valence-electron chi connectivity index (χ4n) is 3.72. The highest BCUT2D eigenvalue weighted by Gasteiger charge is 2.32. The zero-order chi connectivity index (χ0) is 24.5. The van der Waals surface area contributed by atoms with E-state index in [1.165, 1.54) is 24.3 Å². The van der Waals surface area contributed by atoms with Crippen molar-refractivity contribution in [2.75, 3.05) is 36.5 Å². The van der Waals surface area contributed by atoms with Gasteiger partial charge in [-0.2, -0.15) is 18.3 Å². The third kappa shape index (κ3) is 4.71. The van der Waals surface area contributed by atoms with Gasteiger partial charge in [0.25, 0.3) is 5.56 Å². The van der Waals surface area contributed by atoms with Gasteiger partial charge in [-0.15, -0.1) is 0 Å². The van der Waals surface area contributed by atoms with Gasteiger partial charge in [-0.25, -0.2) is 9.48 Å². The van der Waals surface area contributed by atoms with Crippen LogP contribution in [0.2, 0.25) is 0 Å². The molecule has 2 heterocycles. The second-order valence-corrected chi connectivity index (χ2v) is 7.54. The number of carboxylic acid groups (broad SMARTS) is 1. The summed E-state index contributed by atoms with van der Waals surface area (Å²) in [6, 6.07) is 8.94. The van der Waals surface area contributed by atoms with E-state index in [1.807, 2.05) is 0 Å². The van der Waals surface area contributed by atoms with Crippen LogP contribution in [0.1, 0.15) is 16.1 Å². The van der Waals surface area contributed by atoms with Crippen LogP contribution in [0.25, 0.3) is 10.8 Å². The van der Waals surface area contributed by atoms with Gasteiger partial charge in [-0.05, 0) is 24.3 Å². The minimum absolute atomic E-state index is 0.0516. The topological polar surface area (TPSA) is 114 Å². The molecule has 1 fully saturated rings. The number of anilines is 2. The summed E-state index contributed by atoms with van der Waals surface area (Å²) in [4.78, 5) is 38.9. The number of carbonyl (C=O) groups is 2. The Labute approximate surface area is 190 Å². The van der Waals surface area contributed by atoms with Crippen molar-refractivity contribution in [1.29, 1.82) is 0 Å². The lowest BCUT2D eigenvalue weighted by atomic mass is 10.1. The quantitative estimate of drug-likeness (QED) is 0.582. The number of amides is 1. The average Bonchev–Trinajstić information content (AvgIpc) is 2.80. The molecular formula is C22H19F3N4O5. The highest BCUT2D eigenvalue weighted by Crippen LogP contribution is 2.35. The Morgan fingerprint density at radius 3 is 2.41 bits per heavy atom. The molecule has 2 aromatic carbocycles. The van der Waals surface area contributed by atoms with Crippen LogP contribution in [-0.2, 0) is 22.3 Å². The number of hydrogen-bond acceptors (Lipinski definition) is 6. The highest BCUT2D eigenvalue weighted by atomic mass is 19.4. The fraction of sp³-hybridized carbons (Fsp3) is 0.273. The van der Waals surface area contributed by atoms with Crippen LogP contribution < -0.4 is 15.8 Å². The summed E-state index contributed by atoms with van der Waals surface area (Å²) in [5.74, 6) is -2.23. The van der Waals surface area contributed by atoms with Gasteiger partial charge >= 0.3 is 12.1 Å². The molecule has 12 heteroatoms. The normalized spacial score (nSPS) is 14.3. The Morgan fingerprint density at radius 2 is 1.76 bits per heavy atom. The third-order valence-electron chi connectivity index (χ3n) is 5.31. The average molecular weight is 476 g/mol. The number of alkyl halides is 3. The molecule has 0 spiro atoms. The van der Waals surface area contributed by atoms with Gasteiger partial charge in [0.05, 0.1) is 35.5 Å². The van der Waals surface area contributed by atoms with Gasteiger partial charge in [-0.3, -0.25) is 9.59 Å². The van der Waals surface area contributed by atoms with Gasteiger partial charge in [0.1, 0.15) is 6.54 Å². The minimum Gasteiger partial charge on any atom is -0.476 e. The Balaban J connectivity index is 1.68. The predicted octanol–water partition coefficient (Wildman–Crippen LogP) is 2.59. The Kier molecular flexibility index (Phi) is 6.24. The molecule has 1 aliphatic rings. The van der Waals surface area contributed by atoms with E-state index in [4.69, 9.17) is 4.74 Å². The number of fused-ring (bicyclic) bond motifs is 1. The molecule has 1 amide bonds. The maximum absolute atomic E-state index is 13.3. The first-order chi connectivity index (χ1) is 16.1. The molecule has 9 nitrogen and oxygen atoms in total. The van der Waals surface area contributed by atoms with E-state index in [0.29, 0.717) is 36.7 Å². The molecule has 2 N–H and O–H groups in total. The van der Waals surface area contributed by atoms with Crippen molar-refractivity contribution in [3.63, 3.8) is 0 Å². The number of nitrogens with zero attached hydrogens (tertiary/aromatic N) is 3. The zero-order valence-electron chi connectivity index (χ0n) is 17.6. The van der Waals surface area contributed by atoms with Crippen molar-refractivity contribution < 1.29 is 32.6 Å². The van der Waals surface area contributed by atoms with Gasteiger partial charge in [0, 0.05) is 18.5 Å². The van der Waals surface area contributed by atoms with Gasteiger partial charge in [0.2, 0.25) is 5.91 Å². The first kappa shape index (κ1) is 23.2. The van der Waals surface area contributed by atoms with E-state index >= 15 is 0 Å². The van der Waals surface area contributed by atoms with Crippen LogP contribution in [0.15, 0.2) is 47.3 Å².